The van der Waals surface area contributed by atoms with Gasteiger partial charge in [0, 0.05) is 13.1 Å². The lowest BCUT2D eigenvalue weighted by Crippen LogP contribution is -2.23. The van der Waals surface area contributed by atoms with Crippen LogP contribution < -0.4 is 10.6 Å². The zero-order chi connectivity index (χ0) is 13.9. The van der Waals surface area contributed by atoms with Gasteiger partial charge in [-0.3, -0.25) is 10.4 Å². The molecule has 0 saturated heterocycles. The fourth-order valence-electron chi connectivity index (χ4n) is 2.65. The van der Waals surface area contributed by atoms with Gasteiger partial charge in [-0.1, -0.05) is 24.3 Å². The molecule has 1 aromatic heterocycles. The van der Waals surface area contributed by atoms with E-state index >= 15 is 0 Å². The van der Waals surface area contributed by atoms with Gasteiger partial charge in [0.1, 0.15) is 11.5 Å². The smallest absolute Gasteiger partial charge is 0.141 e. The second-order valence-corrected chi connectivity index (χ2v) is 5.11. The Labute approximate surface area is 118 Å². The van der Waals surface area contributed by atoms with Gasteiger partial charge in [-0.25, -0.2) is 0 Å². The number of benzene rings is 1. The van der Waals surface area contributed by atoms with Crippen LogP contribution in [0.5, 0.6) is 0 Å². The summed E-state index contributed by atoms with van der Waals surface area (Å²) in [7, 11) is 0. The number of hydrogen-bond donors (Lipinski definition) is 2. The van der Waals surface area contributed by atoms with Crippen LogP contribution in [0.1, 0.15) is 23.2 Å². The van der Waals surface area contributed by atoms with Crippen molar-refractivity contribution in [3.05, 3.63) is 59.4 Å². The number of aryl methyl sites for hydroxylation is 1. The van der Waals surface area contributed by atoms with Crippen molar-refractivity contribution in [2.24, 2.45) is 5.73 Å². The molecule has 0 saturated carbocycles. The second kappa shape index (κ2) is 5.33. The highest BCUT2D eigenvalue weighted by atomic mass is 15.1. The lowest BCUT2D eigenvalue weighted by Gasteiger charge is -2.23. The highest BCUT2D eigenvalue weighted by Crippen LogP contribution is 2.23. The molecule has 1 aliphatic heterocycles. The molecule has 0 amide bonds. The molecule has 1 aromatic carbocycles. The number of amidine groups is 1. The summed E-state index contributed by atoms with van der Waals surface area (Å²) in [5.41, 5.74) is 9.90. The number of nitrogen functional groups attached to an aromatic ring is 1. The Morgan fingerprint density at radius 2 is 1.95 bits per heavy atom. The van der Waals surface area contributed by atoms with Crippen molar-refractivity contribution in [2.45, 2.75) is 19.4 Å². The maximum absolute atomic E-state index is 7.38. The topological polar surface area (TPSA) is 66.0 Å². The lowest BCUT2D eigenvalue weighted by molar-refractivity contribution is 0.764. The Kier molecular flexibility index (Phi) is 3.37. The van der Waals surface area contributed by atoms with Gasteiger partial charge in [0.25, 0.3) is 0 Å². The van der Waals surface area contributed by atoms with Crippen LogP contribution >= 0.6 is 0 Å². The summed E-state index contributed by atoms with van der Waals surface area (Å²) in [6.07, 6.45) is 4.09. The van der Waals surface area contributed by atoms with Gasteiger partial charge in [0.2, 0.25) is 0 Å². The molecule has 1 aliphatic rings. The van der Waals surface area contributed by atoms with E-state index in [2.05, 4.69) is 34.1 Å². The van der Waals surface area contributed by atoms with E-state index in [9.17, 15) is 0 Å². The number of nitrogens with two attached hydrogens (primary N) is 1. The first kappa shape index (κ1) is 12.7. The minimum Gasteiger partial charge on any atom is -0.382 e. The van der Waals surface area contributed by atoms with Crippen LogP contribution in [-0.4, -0.2) is 17.4 Å². The molecule has 4 nitrogen and oxygen atoms in total. The molecule has 0 fully saturated rings. The Hall–Kier alpha value is -2.36. The van der Waals surface area contributed by atoms with E-state index in [0.29, 0.717) is 5.69 Å². The van der Waals surface area contributed by atoms with Crippen molar-refractivity contribution in [1.29, 1.82) is 5.41 Å². The number of aromatic nitrogens is 1. The highest BCUT2D eigenvalue weighted by molar-refractivity contribution is 5.93. The third-order valence-electron chi connectivity index (χ3n) is 3.74. The normalized spacial score (nSPS) is 14.5. The van der Waals surface area contributed by atoms with Crippen LogP contribution in [-0.2, 0) is 13.0 Å². The van der Waals surface area contributed by atoms with Gasteiger partial charge in [0.15, 0.2) is 0 Å². The average molecular weight is 266 g/mol. The molecular formula is C16H18N4. The van der Waals surface area contributed by atoms with Crippen LogP contribution in [0.15, 0.2) is 42.6 Å². The maximum Gasteiger partial charge on any atom is 0.141 e. The first-order chi connectivity index (χ1) is 9.74. The molecule has 3 N–H and O–H groups in total. The van der Waals surface area contributed by atoms with Gasteiger partial charge in [0.05, 0.1) is 11.9 Å². The van der Waals surface area contributed by atoms with Crippen molar-refractivity contribution >= 4 is 11.5 Å². The minimum absolute atomic E-state index is 0.0118. The quantitative estimate of drug-likeness (QED) is 0.647. The first-order valence-corrected chi connectivity index (χ1v) is 6.86. The van der Waals surface area contributed by atoms with Crippen molar-refractivity contribution in [3.63, 3.8) is 0 Å². The lowest BCUT2D eigenvalue weighted by atomic mass is 10.0. The molecule has 0 atom stereocenters. The van der Waals surface area contributed by atoms with Gasteiger partial charge in [-0.2, -0.15) is 0 Å². The minimum atomic E-state index is 0.0118. The first-order valence-electron chi connectivity index (χ1n) is 6.86. The van der Waals surface area contributed by atoms with Crippen molar-refractivity contribution in [2.75, 3.05) is 11.4 Å². The zero-order valence-corrected chi connectivity index (χ0v) is 11.3. The van der Waals surface area contributed by atoms with Crippen LogP contribution in [0.2, 0.25) is 0 Å². The summed E-state index contributed by atoms with van der Waals surface area (Å²) < 4.78 is 0. The van der Waals surface area contributed by atoms with Crippen molar-refractivity contribution < 1.29 is 0 Å². The molecular weight excluding hydrogens is 248 g/mol. The number of rotatable bonds is 2. The number of nitrogens with one attached hydrogen (secondary N) is 1. The van der Waals surface area contributed by atoms with E-state index in [1.54, 1.807) is 0 Å². The molecule has 20 heavy (non-hydrogen) atoms. The van der Waals surface area contributed by atoms with E-state index in [1.807, 2.05) is 18.3 Å². The Balaban J connectivity index is 1.85. The summed E-state index contributed by atoms with van der Waals surface area (Å²) in [5.74, 6) is 0.0118. The summed E-state index contributed by atoms with van der Waals surface area (Å²) in [4.78, 5) is 6.58. The average Bonchev–Trinajstić information content (AvgIpc) is 2.69. The van der Waals surface area contributed by atoms with E-state index in [4.69, 9.17) is 11.1 Å². The molecule has 3 rings (SSSR count). The predicted molar refractivity (Wildman–Crippen MR) is 81.1 cm³/mol. The monoisotopic (exact) mass is 266 g/mol. The fourth-order valence-corrected chi connectivity index (χ4v) is 2.65. The summed E-state index contributed by atoms with van der Waals surface area (Å²) in [6.45, 7) is 1.94. The molecule has 102 valence electrons. The summed E-state index contributed by atoms with van der Waals surface area (Å²) >= 11 is 0. The maximum atomic E-state index is 7.38. The largest absolute Gasteiger partial charge is 0.382 e. The fraction of sp³-hybridized carbons (Fsp3) is 0.250. The molecule has 4 heteroatoms. The van der Waals surface area contributed by atoms with Gasteiger partial charge in [-0.15, -0.1) is 0 Å². The van der Waals surface area contributed by atoms with Gasteiger partial charge < -0.3 is 10.6 Å². The van der Waals surface area contributed by atoms with Crippen LogP contribution in [0.4, 0.5) is 5.69 Å². The number of nitrogens with zero attached hydrogens (tertiary/aromatic N) is 2. The van der Waals surface area contributed by atoms with E-state index in [1.165, 1.54) is 11.1 Å². The van der Waals surface area contributed by atoms with E-state index in [-0.39, 0.29) is 5.84 Å². The molecule has 2 aromatic rings. The molecule has 0 radical (unpaired) electrons. The van der Waals surface area contributed by atoms with Crippen molar-refractivity contribution in [1.82, 2.24) is 4.98 Å². The Morgan fingerprint density at radius 1 is 1.15 bits per heavy atom. The Morgan fingerprint density at radius 3 is 2.65 bits per heavy atom. The number of anilines is 1. The SMILES string of the molecule is N=C(N)c1ccc(N2CCCc3ccccc3C2)cn1. The zero-order valence-electron chi connectivity index (χ0n) is 11.3. The molecule has 0 bridgehead atoms. The second-order valence-electron chi connectivity index (χ2n) is 5.11. The van der Waals surface area contributed by atoms with Crippen LogP contribution in [0.3, 0.4) is 0 Å². The number of pyridine rings is 1. The summed E-state index contributed by atoms with van der Waals surface area (Å²) in [6, 6.07) is 12.4. The third kappa shape index (κ3) is 2.50. The summed E-state index contributed by atoms with van der Waals surface area (Å²) in [5, 5.41) is 7.38. The van der Waals surface area contributed by atoms with Gasteiger partial charge >= 0.3 is 0 Å². The molecule has 0 aliphatic carbocycles. The number of fused-ring (bicyclic) bond motifs is 1. The predicted octanol–water partition coefficient (Wildman–Crippen LogP) is 2.32. The third-order valence-corrected chi connectivity index (χ3v) is 3.74. The molecule has 2 heterocycles. The van der Waals surface area contributed by atoms with Gasteiger partial charge in [-0.05, 0) is 36.1 Å². The van der Waals surface area contributed by atoms with E-state index in [0.717, 1.165) is 31.6 Å². The van der Waals surface area contributed by atoms with E-state index < -0.39 is 0 Å². The van der Waals surface area contributed by atoms with Crippen LogP contribution in [0, 0.1) is 5.41 Å². The highest BCUT2D eigenvalue weighted by Gasteiger charge is 2.14. The van der Waals surface area contributed by atoms with Crippen molar-refractivity contribution in [3.8, 4) is 0 Å². The van der Waals surface area contributed by atoms with Crippen LogP contribution in [0.25, 0.3) is 0 Å². The standard InChI is InChI=1S/C16H18N4/c17-16(18)15-8-7-14(10-19-15)20-9-3-6-12-4-1-2-5-13(12)11-20/h1-2,4-5,7-8,10H,3,6,9,11H2,(H3,17,18). The Bertz CT molecular complexity index is 619. The molecule has 0 spiro atoms. The molecule has 0 unspecified atom stereocenters. The number of hydrogen-bond acceptors (Lipinski definition) is 3.